The summed E-state index contributed by atoms with van der Waals surface area (Å²) in [5.41, 5.74) is -1.17. The van der Waals surface area contributed by atoms with Crippen LogP contribution >= 0.6 is 0 Å². The van der Waals surface area contributed by atoms with Crippen LogP contribution in [-0.2, 0) is 28.6 Å². The Morgan fingerprint density at radius 2 is 1.94 bits per heavy atom. The zero-order chi connectivity index (χ0) is 25.0. The van der Waals surface area contributed by atoms with Gasteiger partial charge < -0.3 is 29.5 Å². The molecule has 2 saturated carbocycles. The van der Waals surface area contributed by atoms with Crippen LogP contribution in [0.3, 0.4) is 0 Å². The average molecular weight is 477 g/mol. The number of allylic oxidation sites excluding steroid dienone is 1. The predicted octanol–water partition coefficient (Wildman–Crippen LogP) is 0.654. The largest absolute Gasteiger partial charge is 0.458 e. The van der Waals surface area contributed by atoms with Crippen LogP contribution in [-0.4, -0.2) is 69.9 Å². The molecule has 0 aromatic rings. The number of aliphatic hydroxyl groups is 3. The molecule has 9 nitrogen and oxygen atoms in total. The second-order valence-electron chi connectivity index (χ2n) is 11.3. The molecule has 5 rings (SSSR count). The molecule has 0 unspecified atom stereocenters. The van der Waals surface area contributed by atoms with Crippen molar-refractivity contribution in [2.45, 2.75) is 71.2 Å². The minimum Gasteiger partial charge on any atom is -0.458 e. The van der Waals surface area contributed by atoms with E-state index in [4.69, 9.17) is 14.2 Å². The van der Waals surface area contributed by atoms with Gasteiger partial charge in [0, 0.05) is 35.2 Å². The second-order valence-corrected chi connectivity index (χ2v) is 11.3. The summed E-state index contributed by atoms with van der Waals surface area (Å²) in [4.78, 5) is 38.5. The highest BCUT2D eigenvalue weighted by Crippen LogP contribution is 2.73. The topological polar surface area (TPSA) is 140 Å². The summed E-state index contributed by atoms with van der Waals surface area (Å²) in [7, 11) is 0. The maximum atomic E-state index is 12.9. The molecule has 2 aliphatic heterocycles. The number of aliphatic hydroxyl groups excluding tert-OH is 2. The molecule has 1 spiro atoms. The standard InChI is InChI=1S/C25H32O9/c1-10(2)6-15(27)33-18-17-11(3)7-14(26)20(30)23(17,5)22-24-9-32-25(22,31)19(29)12(4)13(24)8-16(28)34-21(18)24/h6-7,12-13,17-22,29-31H,8-9H2,1-5H3/t12-,13+,17-,18-,19-,20-,21-,22-,23-,24-,25+/m1/s1. The third kappa shape index (κ3) is 2.67. The lowest BCUT2D eigenvalue weighted by Gasteiger charge is -2.68. The van der Waals surface area contributed by atoms with Crippen LogP contribution in [0.4, 0.5) is 0 Å². The van der Waals surface area contributed by atoms with E-state index in [1.54, 1.807) is 34.6 Å². The van der Waals surface area contributed by atoms with Gasteiger partial charge in [-0.15, -0.1) is 0 Å². The molecule has 3 N–H and O–H groups in total. The number of rotatable bonds is 2. The molecular formula is C25H32O9. The van der Waals surface area contributed by atoms with E-state index >= 15 is 0 Å². The highest BCUT2D eigenvalue weighted by atomic mass is 16.7. The molecule has 2 bridgehead atoms. The first-order chi connectivity index (χ1) is 15.8. The fraction of sp³-hybridized carbons (Fsp3) is 0.720. The maximum absolute atomic E-state index is 12.9. The Kier molecular flexibility index (Phi) is 5.03. The number of ketones is 1. The van der Waals surface area contributed by atoms with E-state index in [0.717, 1.165) is 5.57 Å². The fourth-order valence-corrected chi connectivity index (χ4v) is 8.18. The molecule has 5 aliphatic rings. The molecule has 11 atom stereocenters. The van der Waals surface area contributed by atoms with Crippen LogP contribution in [0.15, 0.2) is 23.3 Å². The summed E-state index contributed by atoms with van der Waals surface area (Å²) < 4.78 is 17.8. The Bertz CT molecular complexity index is 1030. The molecule has 0 amide bonds. The number of hydrogen-bond acceptors (Lipinski definition) is 9. The first-order valence-electron chi connectivity index (χ1n) is 11.8. The summed E-state index contributed by atoms with van der Waals surface area (Å²) in [6.45, 7) is 8.55. The van der Waals surface area contributed by atoms with Crippen LogP contribution in [0.1, 0.15) is 41.0 Å². The van der Waals surface area contributed by atoms with Gasteiger partial charge in [-0.25, -0.2) is 4.79 Å². The van der Waals surface area contributed by atoms with Crippen LogP contribution < -0.4 is 0 Å². The van der Waals surface area contributed by atoms with Crippen molar-refractivity contribution in [2.75, 3.05) is 6.61 Å². The fourth-order valence-electron chi connectivity index (χ4n) is 8.18. The molecule has 2 saturated heterocycles. The molecule has 0 aromatic heterocycles. The third-order valence-corrected chi connectivity index (χ3v) is 9.22. The first-order valence-corrected chi connectivity index (χ1v) is 11.8. The molecule has 34 heavy (non-hydrogen) atoms. The zero-order valence-corrected chi connectivity index (χ0v) is 20.0. The smallest absolute Gasteiger partial charge is 0.331 e. The van der Waals surface area contributed by atoms with E-state index < -0.39 is 82.4 Å². The second kappa shape index (κ2) is 7.22. The van der Waals surface area contributed by atoms with Crippen LogP contribution in [0.25, 0.3) is 0 Å². The lowest BCUT2D eigenvalue weighted by molar-refractivity contribution is -0.344. The van der Waals surface area contributed by atoms with E-state index in [1.807, 2.05) is 0 Å². The maximum Gasteiger partial charge on any atom is 0.331 e. The Balaban J connectivity index is 1.78. The summed E-state index contributed by atoms with van der Waals surface area (Å²) in [5, 5.41) is 34.3. The van der Waals surface area contributed by atoms with Gasteiger partial charge in [0.05, 0.1) is 6.61 Å². The minimum absolute atomic E-state index is 0.0150. The number of hydrogen-bond donors (Lipinski definition) is 3. The lowest BCUT2D eigenvalue weighted by atomic mass is 9.37. The van der Waals surface area contributed by atoms with Gasteiger partial charge in [0.2, 0.25) is 0 Å². The van der Waals surface area contributed by atoms with Gasteiger partial charge >= 0.3 is 11.9 Å². The molecule has 2 heterocycles. The normalized spacial score (nSPS) is 51.0. The summed E-state index contributed by atoms with van der Waals surface area (Å²) in [5.74, 6) is -6.45. The molecule has 3 aliphatic carbocycles. The quantitative estimate of drug-likeness (QED) is 0.387. The Labute approximate surface area is 197 Å². The molecule has 0 radical (unpaired) electrons. The van der Waals surface area contributed by atoms with Crippen molar-refractivity contribution >= 4 is 17.7 Å². The minimum atomic E-state index is -2.07. The first kappa shape index (κ1) is 23.7. The van der Waals surface area contributed by atoms with E-state index in [9.17, 15) is 29.7 Å². The van der Waals surface area contributed by atoms with E-state index in [0.29, 0.717) is 5.57 Å². The third-order valence-electron chi connectivity index (χ3n) is 9.22. The van der Waals surface area contributed by atoms with Crippen molar-refractivity contribution in [1.82, 2.24) is 0 Å². The number of fused-ring (bicyclic) bond motifs is 1. The van der Waals surface area contributed by atoms with Crippen molar-refractivity contribution in [1.29, 1.82) is 0 Å². The molecule has 186 valence electrons. The number of ether oxygens (including phenoxy) is 3. The van der Waals surface area contributed by atoms with Gasteiger partial charge in [0.25, 0.3) is 0 Å². The van der Waals surface area contributed by atoms with Crippen LogP contribution in [0.2, 0.25) is 0 Å². The Morgan fingerprint density at radius 1 is 1.26 bits per heavy atom. The highest BCUT2D eigenvalue weighted by Gasteiger charge is 2.84. The lowest BCUT2D eigenvalue weighted by Crippen LogP contribution is -2.79. The van der Waals surface area contributed by atoms with Gasteiger partial charge in [0.1, 0.15) is 24.4 Å². The molecule has 9 heteroatoms. The van der Waals surface area contributed by atoms with Gasteiger partial charge in [-0.2, -0.15) is 0 Å². The molecule has 0 aromatic carbocycles. The zero-order valence-electron chi connectivity index (χ0n) is 20.0. The van der Waals surface area contributed by atoms with Gasteiger partial charge in [-0.05, 0) is 38.7 Å². The highest BCUT2D eigenvalue weighted by molar-refractivity contribution is 5.96. The van der Waals surface area contributed by atoms with Crippen molar-refractivity contribution in [3.63, 3.8) is 0 Å². The molecule has 4 fully saturated rings. The number of esters is 2. The van der Waals surface area contributed by atoms with Crippen LogP contribution in [0.5, 0.6) is 0 Å². The summed E-state index contributed by atoms with van der Waals surface area (Å²) in [6, 6.07) is 0. The predicted molar refractivity (Wildman–Crippen MR) is 116 cm³/mol. The van der Waals surface area contributed by atoms with E-state index in [-0.39, 0.29) is 13.0 Å². The monoisotopic (exact) mass is 476 g/mol. The Hall–Kier alpha value is -2.07. The van der Waals surface area contributed by atoms with Gasteiger partial charge in [-0.1, -0.05) is 25.0 Å². The van der Waals surface area contributed by atoms with E-state index in [2.05, 4.69) is 0 Å². The van der Waals surface area contributed by atoms with Crippen molar-refractivity contribution in [2.24, 2.45) is 34.5 Å². The van der Waals surface area contributed by atoms with Crippen molar-refractivity contribution in [3.8, 4) is 0 Å². The van der Waals surface area contributed by atoms with Gasteiger partial charge in [-0.3, -0.25) is 9.59 Å². The number of carbonyl (C=O) groups excluding carboxylic acids is 3. The van der Waals surface area contributed by atoms with Crippen molar-refractivity contribution in [3.05, 3.63) is 23.3 Å². The van der Waals surface area contributed by atoms with E-state index in [1.165, 1.54) is 12.2 Å². The van der Waals surface area contributed by atoms with Crippen LogP contribution in [0, 0.1) is 34.5 Å². The SMILES string of the molecule is CC(C)=CC(=O)O[C@@H]1[C@H]2C(C)=CC(=O)[C@@H](O)[C@]2(C)[C@H]2[C@@]3(O)OC[C@@]24[C@@H]1OC(=O)C[C@H]4[C@@H](C)[C@H]3O. The number of carbonyl (C=O) groups is 3. The molecular weight excluding hydrogens is 444 g/mol. The van der Waals surface area contributed by atoms with Crippen molar-refractivity contribution < 1.29 is 43.9 Å². The summed E-state index contributed by atoms with van der Waals surface area (Å²) >= 11 is 0. The average Bonchev–Trinajstić information content (AvgIpc) is 3.02. The Morgan fingerprint density at radius 3 is 2.59 bits per heavy atom. The van der Waals surface area contributed by atoms with Gasteiger partial charge in [0.15, 0.2) is 11.6 Å². The summed E-state index contributed by atoms with van der Waals surface area (Å²) in [6.07, 6.45) is -2.26.